The number of aromatic nitrogens is 2. The molecule has 3 rings (SSSR count). The van der Waals surface area contributed by atoms with Crippen molar-refractivity contribution in [2.75, 3.05) is 13.7 Å². The molecule has 248 valence electrons. The summed E-state index contributed by atoms with van der Waals surface area (Å²) in [7, 11) is -8.65. The van der Waals surface area contributed by atoms with Crippen molar-refractivity contribution >= 4 is 32.7 Å². The molecule has 4 atom stereocenters. The number of methoxy groups -OCH3 is 1. The molecule has 0 amide bonds. The van der Waals surface area contributed by atoms with Crippen molar-refractivity contribution in [3.8, 4) is 0 Å². The lowest BCUT2D eigenvalue weighted by molar-refractivity contribution is -0.134. The number of carbonyl (C=O) groups is 1. The van der Waals surface area contributed by atoms with Gasteiger partial charge < -0.3 is 24.1 Å². The molecule has 1 aromatic heterocycles. The van der Waals surface area contributed by atoms with Crippen LogP contribution in [0.15, 0.2) is 38.5 Å². The summed E-state index contributed by atoms with van der Waals surface area (Å²) in [5.41, 5.74) is 3.32. The molecule has 1 fully saturated rings. The molecule has 1 aromatic rings. The fourth-order valence-corrected chi connectivity index (χ4v) is 8.13. The maximum atomic E-state index is 13.6. The summed E-state index contributed by atoms with van der Waals surface area (Å²) >= 11 is 0. The Morgan fingerprint density at radius 2 is 1.68 bits per heavy atom. The summed E-state index contributed by atoms with van der Waals surface area (Å²) in [6.45, 7) is 21.5. The SMILES string of the molecule is COC(=O)/C=C/C1=C(N)C2(OS1(=O)=O)C(CO[Si](C)(C)C(C)(C)C)OC(n1cc(C)c(=O)[nH]c1=O)C2O[Si](C)(C)C(C)(C)C. The molecule has 0 radical (unpaired) electrons. The molecule has 4 unspecified atom stereocenters. The number of rotatable bonds is 8. The molecule has 13 nitrogen and oxygen atoms in total. The molecule has 16 heteroatoms. The highest BCUT2D eigenvalue weighted by atomic mass is 32.2. The minimum atomic E-state index is -4.58. The van der Waals surface area contributed by atoms with Gasteiger partial charge in [-0.25, -0.2) is 13.8 Å². The number of ether oxygens (including phenoxy) is 2. The normalized spacial score (nSPS) is 26.2. The molecular formula is C28H47N3O10SSi2. The van der Waals surface area contributed by atoms with Gasteiger partial charge >= 0.3 is 11.7 Å². The van der Waals surface area contributed by atoms with E-state index < -0.39 is 72.9 Å². The third-order valence-electron chi connectivity index (χ3n) is 9.29. The van der Waals surface area contributed by atoms with E-state index in [-0.39, 0.29) is 27.9 Å². The fourth-order valence-electron chi connectivity index (χ4n) is 4.44. The molecule has 0 saturated carbocycles. The number of aryl methyl sites for hydroxylation is 1. The monoisotopic (exact) mass is 673 g/mol. The van der Waals surface area contributed by atoms with Crippen LogP contribution >= 0.6 is 0 Å². The van der Waals surface area contributed by atoms with Crippen LogP contribution in [0.5, 0.6) is 0 Å². The van der Waals surface area contributed by atoms with Crippen LogP contribution in [-0.2, 0) is 37.4 Å². The number of nitrogens with two attached hydrogens (primary N) is 1. The Bertz CT molecular complexity index is 1580. The van der Waals surface area contributed by atoms with Gasteiger partial charge in [-0.3, -0.25) is 14.3 Å². The second-order valence-corrected chi connectivity index (χ2v) is 25.4. The molecule has 3 heterocycles. The van der Waals surface area contributed by atoms with E-state index >= 15 is 0 Å². The molecule has 3 N–H and O–H groups in total. The molecule has 0 aliphatic carbocycles. The van der Waals surface area contributed by atoms with Gasteiger partial charge in [0.25, 0.3) is 15.7 Å². The standard InChI is InChI=1S/C28H47N3O10SSi2/c1-17-15-31(25(34)30-23(17)33)24-22(40-44(11,12)27(5,6)7)28(19(39-24)16-38-43(9,10)26(2,3)4)21(29)18(42(35,36)41-28)13-14-20(32)37-8/h13-15,19,22,24H,16,29H2,1-12H3,(H,30,33,34)/b14-13+. The average Bonchev–Trinajstić information content (AvgIpc) is 3.26. The van der Waals surface area contributed by atoms with Crippen LogP contribution in [0, 0.1) is 6.92 Å². The van der Waals surface area contributed by atoms with E-state index in [9.17, 15) is 22.8 Å². The Kier molecular flexibility index (Phi) is 9.67. The summed E-state index contributed by atoms with van der Waals surface area (Å²) in [6, 6.07) is 0. The summed E-state index contributed by atoms with van der Waals surface area (Å²) in [5, 5.41) is -0.579. The first kappa shape index (κ1) is 36.1. The third-order valence-corrected chi connectivity index (χ3v) is 19.6. The second kappa shape index (κ2) is 11.8. The minimum absolute atomic E-state index is 0.147. The number of esters is 1. The fraction of sp³-hybridized carbons (Fsp3) is 0.679. The van der Waals surface area contributed by atoms with Gasteiger partial charge in [0.1, 0.15) is 17.1 Å². The van der Waals surface area contributed by atoms with E-state index in [1.54, 1.807) is 0 Å². The third kappa shape index (κ3) is 6.48. The molecule has 0 aromatic carbocycles. The van der Waals surface area contributed by atoms with Gasteiger partial charge in [0.2, 0.25) is 0 Å². The lowest BCUT2D eigenvalue weighted by Crippen LogP contribution is -2.59. The van der Waals surface area contributed by atoms with Crippen LogP contribution in [0.2, 0.25) is 36.3 Å². The number of carbonyl (C=O) groups excluding carboxylic acids is 1. The number of aromatic amines is 1. The minimum Gasteiger partial charge on any atom is -0.466 e. The number of hydrogen-bond donors (Lipinski definition) is 2. The molecule has 2 aliphatic rings. The summed E-state index contributed by atoms with van der Waals surface area (Å²) < 4.78 is 59.0. The van der Waals surface area contributed by atoms with Gasteiger partial charge in [-0.05, 0) is 49.3 Å². The van der Waals surface area contributed by atoms with E-state index in [0.29, 0.717) is 0 Å². The Balaban J connectivity index is 2.38. The first-order chi connectivity index (χ1) is 19.8. The van der Waals surface area contributed by atoms with Crippen LogP contribution in [0.4, 0.5) is 0 Å². The van der Waals surface area contributed by atoms with Crippen molar-refractivity contribution in [2.45, 2.75) is 109 Å². The second-order valence-electron chi connectivity index (χ2n) is 14.3. The number of nitrogens with one attached hydrogen (secondary N) is 1. The van der Waals surface area contributed by atoms with E-state index in [0.717, 1.165) is 23.8 Å². The van der Waals surface area contributed by atoms with Crippen molar-refractivity contribution in [1.82, 2.24) is 9.55 Å². The Morgan fingerprint density at radius 3 is 2.20 bits per heavy atom. The summed E-state index contributed by atoms with van der Waals surface area (Å²) in [6.07, 6.45) is -0.481. The summed E-state index contributed by atoms with van der Waals surface area (Å²) in [4.78, 5) is 39.3. The van der Waals surface area contributed by atoms with E-state index in [2.05, 4.69) is 30.5 Å². The predicted octanol–water partition coefficient (Wildman–Crippen LogP) is 3.15. The maximum absolute atomic E-state index is 13.6. The highest BCUT2D eigenvalue weighted by Gasteiger charge is 2.68. The van der Waals surface area contributed by atoms with Gasteiger partial charge in [-0.1, -0.05) is 41.5 Å². The number of allylic oxidation sites excluding steroid dienone is 1. The lowest BCUT2D eigenvalue weighted by atomic mass is 9.88. The molecule has 44 heavy (non-hydrogen) atoms. The summed E-state index contributed by atoms with van der Waals surface area (Å²) in [5.74, 6) is -0.802. The molecule has 0 bridgehead atoms. The smallest absolute Gasteiger partial charge is 0.330 e. The van der Waals surface area contributed by atoms with Crippen LogP contribution < -0.4 is 17.0 Å². The Hall–Kier alpha value is -2.35. The largest absolute Gasteiger partial charge is 0.466 e. The van der Waals surface area contributed by atoms with E-state index in [1.165, 1.54) is 13.1 Å². The van der Waals surface area contributed by atoms with E-state index in [4.69, 9.17) is 23.5 Å². The predicted molar refractivity (Wildman–Crippen MR) is 170 cm³/mol. The number of hydrogen-bond acceptors (Lipinski definition) is 11. The highest BCUT2D eigenvalue weighted by molar-refractivity contribution is 7.91. The van der Waals surface area contributed by atoms with Crippen molar-refractivity contribution in [2.24, 2.45) is 5.73 Å². The number of nitrogens with zero attached hydrogens (tertiary/aromatic N) is 1. The van der Waals surface area contributed by atoms with Crippen molar-refractivity contribution < 1.29 is 35.7 Å². The Labute approximate surface area is 261 Å². The van der Waals surface area contributed by atoms with Gasteiger partial charge in [-0.15, -0.1) is 0 Å². The van der Waals surface area contributed by atoms with E-state index in [1.807, 2.05) is 47.0 Å². The number of H-pyrrole nitrogens is 1. The lowest BCUT2D eigenvalue weighted by Gasteiger charge is -2.43. The van der Waals surface area contributed by atoms with Crippen LogP contribution in [0.3, 0.4) is 0 Å². The zero-order valence-electron chi connectivity index (χ0n) is 27.7. The van der Waals surface area contributed by atoms with Crippen LogP contribution in [-0.4, -0.2) is 72.1 Å². The van der Waals surface area contributed by atoms with Crippen molar-refractivity contribution in [3.05, 3.63) is 55.4 Å². The quantitative estimate of drug-likeness (QED) is 0.179. The zero-order chi connectivity index (χ0) is 33.8. The maximum Gasteiger partial charge on any atom is 0.330 e. The first-order valence-corrected chi connectivity index (χ1v) is 21.6. The molecule has 1 saturated heterocycles. The van der Waals surface area contributed by atoms with Crippen molar-refractivity contribution in [1.29, 1.82) is 0 Å². The average molecular weight is 674 g/mol. The molecule has 2 aliphatic heterocycles. The molecular weight excluding hydrogens is 627 g/mol. The van der Waals surface area contributed by atoms with Gasteiger partial charge in [0.15, 0.2) is 28.5 Å². The molecule has 1 spiro atoms. The first-order valence-electron chi connectivity index (χ1n) is 14.3. The topological polar surface area (TPSA) is 178 Å². The highest BCUT2D eigenvalue weighted by Crippen LogP contribution is 2.53. The van der Waals surface area contributed by atoms with Gasteiger partial charge in [-0.2, -0.15) is 8.42 Å². The van der Waals surface area contributed by atoms with Gasteiger partial charge in [0, 0.05) is 17.8 Å². The zero-order valence-corrected chi connectivity index (χ0v) is 30.5. The van der Waals surface area contributed by atoms with Crippen LogP contribution in [0.1, 0.15) is 53.3 Å². The Morgan fingerprint density at radius 1 is 1.11 bits per heavy atom. The van der Waals surface area contributed by atoms with Crippen LogP contribution in [0.25, 0.3) is 0 Å². The van der Waals surface area contributed by atoms with Gasteiger partial charge in [0.05, 0.1) is 19.4 Å². The van der Waals surface area contributed by atoms with Crippen molar-refractivity contribution in [3.63, 3.8) is 0 Å².